The molecule has 5 heteroatoms. The Morgan fingerprint density at radius 2 is 2.36 bits per heavy atom. The van der Waals surface area contributed by atoms with Crippen LogP contribution in [0, 0.1) is 18.3 Å². The summed E-state index contributed by atoms with van der Waals surface area (Å²) in [5.41, 5.74) is 6.94. The molecule has 0 amide bonds. The van der Waals surface area contributed by atoms with Gasteiger partial charge in [0.2, 0.25) is 0 Å². The molecule has 1 atom stereocenters. The second kappa shape index (κ2) is 4.11. The molecular formula is C9H15N5. The van der Waals surface area contributed by atoms with Crippen molar-refractivity contribution < 1.29 is 0 Å². The molecule has 76 valence electrons. The SMILES string of the molecule is Cc1nn(C)c(NCC(C)N)c1C#N. The van der Waals surface area contributed by atoms with E-state index in [1.807, 2.05) is 13.8 Å². The summed E-state index contributed by atoms with van der Waals surface area (Å²) in [7, 11) is 1.80. The van der Waals surface area contributed by atoms with Gasteiger partial charge in [-0.15, -0.1) is 0 Å². The molecule has 0 aliphatic heterocycles. The average Bonchev–Trinajstić information content (AvgIpc) is 2.36. The number of anilines is 1. The second-order valence-corrected chi connectivity index (χ2v) is 3.40. The van der Waals surface area contributed by atoms with Gasteiger partial charge in [0.15, 0.2) is 0 Å². The van der Waals surface area contributed by atoms with E-state index in [1.54, 1.807) is 11.7 Å². The minimum atomic E-state index is 0.0525. The average molecular weight is 193 g/mol. The van der Waals surface area contributed by atoms with E-state index in [1.165, 1.54) is 0 Å². The second-order valence-electron chi connectivity index (χ2n) is 3.40. The van der Waals surface area contributed by atoms with Gasteiger partial charge in [-0.1, -0.05) is 0 Å². The van der Waals surface area contributed by atoms with Crippen LogP contribution in [0.15, 0.2) is 0 Å². The van der Waals surface area contributed by atoms with E-state index >= 15 is 0 Å². The summed E-state index contributed by atoms with van der Waals surface area (Å²) in [5, 5.41) is 16.2. The van der Waals surface area contributed by atoms with Crippen LogP contribution < -0.4 is 11.1 Å². The lowest BCUT2D eigenvalue weighted by Gasteiger charge is -2.09. The van der Waals surface area contributed by atoms with Gasteiger partial charge in [-0.05, 0) is 13.8 Å². The highest BCUT2D eigenvalue weighted by molar-refractivity contribution is 5.54. The molecule has 1 heterocycles. The van der Waals surface area contributed by atoms with Crippen molar-refractivity contribution >= 4 is 5.82 Å². The van der Waals surface area contributed by atoms with Gasteiger partial charge in [-0.2, -0.15) is 10.4 Å². The largest absolute Gasteiger partial charge is 0.368 e. The van der Waals surface area contributed by atoms with Crippen LogP contribution in [-0.4, -0.2) is 22.4 Å². The van der Waals surface area contributed by atoms with Gasteiger partial charge in [0.25, 0.3) is 0 Å². The molecule has 0 aliphatic carbocycles. The zero-order valence-electron chi connectivity index (χ0n) is 8.70. The van der Waals surface area contributed by atoms with E-state index in [2.05, 4.69) is 16.5 Å². The Bertz CT molecular complexity index is 358. The van der Waals surface area contributed by atoms with Crippen LogP contribution in [0.5, 0.6) is 0 Å². The predicted octanol–water partition coefficient (Wildman–Crippen LogP) is 0.359. The van der Waals surface area contributed by atoms with Crippen LogP contribution in [0.4, 0.5) is 5.82 Å². The Hall–Kier alpha value is -1.54. The van der Waals surface area contributed by atoms with Crippen molar-refractivity contribution in [2.75, 3.05) is 11.9 Å². The van der Waals surface area contributed by atoms with Gasteiger partial charge in [0, 0.05) is 19.6 Å². The van der Waals surface area contributed by atoms with Crippen molar-refractivity contribution in [2.24, 2.45) is 12.8 Å². The predicted molar refractivity (Wildman–Crippen MR) is 54.8 cm³/mol. The summed E-state index contributed by atoms with van der Waals surface area (Å²) < 4.78 is 1.66. The maximum atomic E-state index is 8.90. The fraction of sp³-hybridized carbons (Fsp3) is 0.556. The number of aromatic nitrogens is 2. The molecule has 0 radical (unpaired) electrons. The van der Waals surface area contributed by atoms with E-state index in [9.17, 15) is 0 Å². The number of aryl methyl sites for hydroxylation is 2. The van der Waals surface area contributed by atoms with E-state index in [-0.39, 0.29) is 6.04 Å². The Kier molecular flexibility index (Phi) is 3.10. The van der Waals surface area contributed by atoms with Gasteiger partial charge < -0.3 is 11.1 Å². The van der Waals surface area contributed by atoms with E-state index in [4.69, 9.17) is 11.0 Å². The number of nitrogens with one attached hydrogen (secondary N) is 1. The van der Waals surface area contributed by atoms with Crippen LogP contribution in [0.25, 0.3) is 0 Å². The summed E-state index contributed by atoms with van der Waals surface area (Å²) in [6.07, 6.45) is 0. The van der Waals surface area contributed by atoms with Crippen molar-refractivity contribution in [3.63, 3.8) is 0 Å². The third kappa shape index (κ3) is 2.03. The van der Waals surface area contributed by atoms with Crippen molar-refractivity contribution in [3.05, 3.63) is 11.3 Å². The van der Waals surface area contributed by atoms with Crippen molar-refractivity contribution in [1.82, 2.24) is 9.78 Å². The molecule has 0 saturated carbocycles. The molecule has 5 nitrogen and oxygen atoms in total. The van der Waals surface area contributed by atoms with Crippen LogP contribution in [0.3, 0.4) is 0 Å². The minimum absolute atomic E-state index is 0.0525. The molecule has 1 unspecified atom stereocenters. The fourth-order valence-electron chi connectivity index (χ4n) is 1.25. The quantitative estimate of drug-likeness (QED) is 0.726. The number of nitrogens with zero attached hydrogens (tertiary/aromatic N) is 3. The minimum Gasteiger partial charge on any atom is -0.368 e. The normalized spacial score (nSPS) is 12.2. The third-order valence-corrected chi connectivity index (χ3v) is 1.93. The lowest BCUT2D eigenvalue weighted by atomic mass is 10.2. The third-order valence-electron chi connectivity index (χ3n) is 1.93. The molecule has 0 aliphatic rings. The maximum absolute atomic E-state index is 8.90. The summed E-state index contributed by atoms with van der Waals surface area (Å²) in [6, 6.07) is 2.17. The van der Waals surface area contributed by atoms with E-state index < -0.39 is 0 Å². The smallest absolute Gasteiger partial charge is 0.142 e. The number of nitrogens with two attached hydrogens (primary N) is 1. The van der Waals surface area contributed by atoms with Crippen LogP contribution >= 0.6 is 0 Å². The van der Waals surface area contributed by atoms with Gasteiger partial charge in [0.05, 0.1) is 5.69 Å². The van der Waals surface area contributed by atoms with Crippen LogP contribution in [0.2, 0.25) is 0 Å². The highest BCUT2D eigenvalue weighted by atomic mass is 15.3. The van der Waals surface area contributed by atoms with Gasteiger partial charge in [-0.3, -0.25) is 4.68 Å². The number of hydrogen-bond donors (Lipinski definition) is 2. The summed E-state index contributed by atoms with van der Waals surface area (Å²) in [6.45, 7) is 4.35. The number of rotatable bonds is 3. The molecule has 0 fully saturated rings. The zero-order chi connectivity index (χ0) is 10.7. The van der Waals surface area contributed by atoms with E-state index in [0.29, 0.717) is 12.1 Å². The van der Waals surface area contributed by atoms with Crippen molar-refractivity contribution in [1.29, 1.82) is 5.26 Å². The van der Waals surface area contributed by atoms with E-state index in [0.717, 1.165) is 11.5 Å². The maximum Gasteiger partial charge on any atom is 0.142 e. The van der Waals surface area contributed by atoms with Crippen LogP contribution in [-0.2, 0) is 7.05 Å². The molecule has 0 bridgehead atoms. The molecule has 3 N–H and O–H groups in total. The van der Waals surface area contributed by atoms with Gasteiger partial charge in [0.1, 0.15) is 17.5 Å². The first-order valence-electron chi connectivity index (χ1n) is 4.49. The zero-order valence-corrected chi connectivity index (χ0v) is 8.70. The number of nitriles is 1. The lowest BCUT2D eigenvalue weighted by molar-refractivity contribution is 0.734. The van der Waals surface area contributed by atoms with Crippen molar-refractivity contribution in [3.8, 4) is 6.07 Å². The molecule has 0 aromatic carbocycles. The highest BCUT2D eigenvalue weighted by Gasteiger charge is 2.12. The Labute approximate surface area is 83.5 Å². The molecule has 14 heavy (non-hydrogen) atoms. The molecular weight excluding hydrogens is 178 g/mol. The number of hydrogen-bond acceptors (Lipinski definition) is 4. The molecule has 1 aromatic heterocycles. The molecule has 0 spiro atoms. The summed E-state index contributed by atoms with van der Waals surface area (Å²) in [4.78, 5) is 0. The van der Waals surface area contributed by atoms with Gasteiger partial charge in [-0.25, -0.2) is 0 Å². The first-order valence-corrected chi connectivity index (χ1v) is 4.49. The Morgan fingerprint density at radius 3 is 2.86 bits per heavy atom. The monoisotopic (exact) mass is 193 g/mol. The standard InChI is InChI=1S/C9H15N5/c1-6(11)5-12-9-8(4-10)7(2)13-14(9)3/h6,12H,5,11H2,1-3H3. The topological polar surface area (TPSA) is 79.7 Å². The lowest BCUT2D eigenvalue weighted by Crippen LogP contribution is -2.26. The van der Waals surface area contributed by atoms with Crippen LogP contribution in [0.1, 0.15) is 18.2 Å². The molecule has 1 aromatic rings. The Balaban J connectivity index is 2.90. The summed E-state index contributed by atoms with van der Waals surface area (Å²) in [5.74, 6) is 0.738. The highest BCUT2D eigenvalue weighted by Crippen LogP contribution is 2.16. The molecule has 0 saturated heterocycles. The molecule has 1 rings (SSSR count). The first kappa shape index (κ1) is 10.5. The van der Waals surface area contributed by atoms with Crippen molar-refractivity contribution in [2.45, 2.75) is 19.9 Å². The summed E-state index contributed by atoms with van der Waals surface area (Å²) >= 11 is 0. The first-order chi connectivity index (χ1) is 6.56. The Morgan fingerprint density at radius 1 is 1.71 bits per heavy atom. The van der Waals surface area contributed by atoms with Gasteiger partial charge >= 0.3 is 0 Å². The fourth-order valence-corrected chi connectivity index (χ4v) is 1.25.